The van der Waals surface area contributed by atoms with Crippen LogP contribution in [0.15, 0.2) is 72.1 Å². The first-order valence-electron chi connectivity index (χ1n) is 11.9. The van der Waals surface area contributed by atoms with Crippen molar-refractivity contribution in [1.82, 2.24) is 9.80 Å². The molecule has 6 heteroatoms. The van der Waals surface area contributed by atoms with Crippen molar-refractivity contribution >= 4 is 23.2 Å². The minimum Gasteiger partial charge on any atom is -0.376 e. The molecule has 1 aliphatic heterocycles. The summed E-state index contributed by atoms with van der Waals surface area (Å²) in [7, 11) is 0. The van der Waals surface area contributed by atoms with Crippen LogP contribution < -0.4 is 0 Å². The number of hydrogen-bond acceptors (Lipinski definition) is 4. The Morgan fingerprint density at radius 3 is 2.24 bits per heavy atom. The Morgan fingerprint density at radius 1 is 0.912 bits per heavy atom. The van der Waals surface area contributed by atoms with Gasteiger partial charge in [-0.1, -0.05) is 60.7 Å². The number of carbonyl (C=O) groups is 2. The maximum atomic E-state index is 13.6. The fraction of sp³-hybridized carbons (Fsp3) is 0.357. The van der Waals surface area contributed by atoms with Crippen molar-refractivity contribution in [2.75, 3.05) is 19.7 Å². The SMILES string of the molecule is Cc1ccsc1CN(Cc1ccccc1)C(=O)CN(CC1CCCO1)C(=O)Cc1ccccc1. The summed E-state index contributed by atoms with van der Waals surface area (Å²) in [4.78, 5) is 31.7. The molecule has 1 fully saturated rings. The molecule has 1 atom stereocenters. The minimum absolute atomic E-state index is 0.00497. The van der Waals surface area contributed by atoms with Crippen molar-refractivity contribution in [3.8, 4) is 0 Å². The first-order chi connectivity index (χ1) is 16.6. The van der Waals surface area contributed by atoms with Gasteiger partial charge in [0.15, 0.2) is 0 Å². The number of amides is 2. The number of aryl methyl sites for hydroxylation is 1. The summed E-state index contributed by atoms with van der Waals surface area (Å²) >= 11 is 1.66. The lowest BCUT2D eigenvalue weighted by Crippen LogP contribution is -2.45. The fourth-order valence-electron chi connectivity index (χ4n) is 4.21. The van der Waals surface area contributed by atoms with E-state index in [0.29, 0.717) is 19.6 Å². The van der Waals surface area contributed by atoms with E-state index < -0.39 is 0 Å². The number of rotatable bonds is 10. The Bertz CT molecular complexity index is 1060. The molecule has 1 aliphatic rings. The van der Waals surface area contributed by atoms with Crippen LogP contribution in [0.5, 0.6) is 0 Å². The predicted molar refractivity (Wildman–Crippen MR) is 135 cm³/mol. The van der Waals surface area contributed by atoms with Gasteiger partial charge in [0.1, 0.15) is 0 Å². The molecule has 0 bridgehead atoms. The molecule has 34 heavy (non-hydrogen) atoms. The molecule has 4 rings (SSSR count). The quantitative estimate of drug-likeness (QED) is 0.421. The summed E-state index contributed by atoms with van der Waals surface area (Å²) in [6, 6.07) is 21.8. The molecule has 2 heterocycles. The second-order valence-corrected chi connectivity index (χ2v) is 9.83. The molecule has 0 aliphatic carbocycles. The number of nitrogens with zero attached hydrogens (tertiary/aromatic N) is 2. The summed E-state index contributed by atoms with van der Waals surface area (Å²) in [5, 5.41) is 2.06. The highest BCUT2D eigenvalue weighted by Crippen LogP contribution is 2.20. The second-order valence-electron chi connectivity index (χ2n) is 8.83. The van der Waals surface area contributed by atoms with Gasteiger partial charge in [-0.2, -0.15) is 0 Å². The summed E-state index contributed by atoms with van der Waals surface area (Å²) in [5.74, 6) is -0.0851. The molecule has 5 nitrogen and oxygen atoms in total. The molecule has 178 valence electrons. The fourth-order valence-corrected chi connectivity index (χ4v) is 5.13. The van der Waals surface area contributed by atoms with Gasteiger partial charge >= 0.3 is 0 Å². The maximum Gasteiger partial charge on any atom is 0.242 e. The van der Waals surface area contributed by atoms with Crippen molar-refractivity contribution in [3.63, 3.8) is 0 Å². The van der Waals surface area contributed by atoms with Crippen LogP contribution in [-0.4, -0.2) is 47.4 Å². The number of carbonyl (C=O) groups excluding carboxylic acids is 2. The molecule has 0 radical (unpaired) electrons. The molecule has 1 aromatic heterocycles. The van der Waals surface area contributed by atoms with Gasteiger partial charge in [-0.25, -0.2) is 0 Å². The van der Waals surface area contributed by atoms with E-state index in [1.165, 1.54) is 10.4 Å². The average molecular weight is 477 g/mol. The maximum absolute atomic E-state index is 13.6. The zero-order chi connectivity index (χ0) is 23.8. The molecule has 3 aromatic rings. The zero-order valence-corrected chi connectivity index (χ0v) is 20.5. The van der Waals surface area contributed by atoms with Crippen LogP contribution in [-0.2, 0) is 33.8 Å². The van der Waals surface area contributed by atoms with E-state index in [4.69, 9.17) is 4.74 Å². The van der Waals surface area contributed by atoms with Gasteiger partial charge in [-0.15, -0.1) is 11.3 Å². The minimum atomic E-state index is -0.0453. The molecule has 2 amide bonds. The van der Waals surface area contributed by atoms with E-state index in [9.17, 15) is 9.59 Å². The Balaban J connectivity index is 1.51. The van der Waals surface area contributed by atoms with Gasteiger partial charge < -0.3 is 14.5 Å². The summed E-state index contributed by atoms with van der Waals surface area (Å²) < 4.78 is 5.81. The highest BCUT2D eigenvalue weighted by molar-refractivity contribution is 7.10. The Labute approximate surface area is 206 Å². The van der Waals surface area contributed by atoms with Gasteiger partial charge in [-0.05, 0) is 47.9 Å². The van der Waals surface area contributed by atoms with Gasteiger partial charge in [0, 0.05) is 24.6 Å². The first kappa shape index (κ1) is 24.2. The largest absolute Gasteiger partial charge is 0.376 e. The van der Waals surface area contributed by atoms with Crippen LogP contribution in [0, 0.1) is 6.92 Å². The summed E-state index contributed by atoms with van der Waals surface area (Å²) in [6.07, 6.45) is 2.20. The molecular formula is C28H32N2O3S. The van der Waals surface area contributed by atoms with Gasteiger partial charge in [0.25, 0.3) is 0 Å². The Morgan fingerprint density at radius 2 is 1.62 bits per heavy atom. The smallest absolute Gasteiger partial charge is 0.242 e. The summed E-state index contributed by atoms with van der Waals surface area (Å²) in [5.41, 5.74) is 3.21. The van der Waals surface area contributed by atoms with Crippen LogP contribution >= 0.6 is 11.3 Å². The number of ether oxygens (including phenoxy) is 1. The van der Waals surface area contributed by atoms with Gasteiger partial charge in [0.2, 0.25) is 11.8 Å². The molecule has 0 N–H and O–H groups in total. The molecule has 1 saturated heterocycles. The van der Waals surface area contributed by atoms with Crippen LogP contribution in [0.2, 0.25) is 0 Å². The normalized spacial score (nSPS) is 15.3. The van der Waals surface area contributed by atoms with Crippen molar-refractivity contribution in [2.24, 2.45) is 0 Å². The predicted octanol–water partition coefficient (Wildman–Crippen LogP) is 4.84. The van der Waals surface area contributed by atoms with Crippen molar-refractivity contribution in [2.45, 2.75) is 45.4 Å². The molecular weight excluding hydrogens is 444 g/mol. The third-order valence-electron chi connectivity index (χ3n) is 6.20. The van der Waals surface area contributed by atoms with E-state index in [1.54, 1.807) is 16.2 Å². The monoisotopic (exact) mass is 476 g/mol. The van der Waals surface area contributed by atoms with Crippen molar-refractivity contribution < 1.29 is 14.3 Å². The van der Waals surface area contributed by atoms with Gasteiger partial charge in [0.05, 0.1) is 25.6 Å². The second kappa shape index (κ2) is 12.0. The van der Waals surface area contributed by atoms with E-state index in [1.807, 2.05) is 65.6 Å². The Kier molecular flexibility index (Phi) is 8.50. The van der Waals surface area contributed by atoms with Crippen molar-refractivity contribution in [3.05, 3.63) is 93.7 Å². The third kappa shape index (κ3) is 6.78. The molecule has 0 saturated carbocycles. The van der Waals surface area contributed by atoms with E-state index in [2.05, 4.69) is 18.4 Å². The first-order valence-corrected chi connectivity index (χ1v) is 12.7. The number of benzene rings is 2. The summed E-state index contributed by atoms with van der Waals surface area (Å²) in [6.45, 7) is 4.36. The van der Waals surface area contributed by atoms with Crippen LogP contribution in [0.1, 0.15) is 34.4 Å². The van der Waals surface area contributed by atoms with Crippen molar-refractivity contribution in [1.29, 1.82) is 0 Å². The molecule has 2 aromatic carbocycles. The highest BCUT2D eigenvalue weighted by Gasteiger charge is 2.27. The lowest BCUT2D eigenvalue weighted by molar-refractivity contribution is -0.142. The van der Waals surface area contributed by atoms with E-state index >= 15 is 0 Å². The zero-order valence-electron chi connectivity index (χ0n) is 19.7. The molecule has 0 spiro atoms. The standard InChI is InChI=1S/C28H32N2O3S/c1-22-14-16-34-26(22)20-29(18-24-11-6-3-7-12-24)28(32)21-30(19-25-13-8-15-33-25)27(31)17-23-9-4-2-5-10-23/h2-7,9-12,14,16,25H,8,13,15,17-21H2,1H3. The third-order valence-corrected chi connectivity index (χ3v) is 7.20. The highest BCUT2D eigenvalue weighted by atomic mass is 32.1. The lowest BCUT2D eigenvalue weighted by Gasteiger charge is -2.29. The van der Waals surface area contributed by atoms with E-state index in [-0.39, 0.29) is 30.9 Å². The topological polar surface area (TPSA) is 49.9 Å². The van der Waals surface area contributed by atoms with E-state index in [0.717, 1.165) is 30.6 Å². The van der Waals surface area contributed by atoms with Crippen LogP contribution in [0.3, 0.4) is 0 Å². The molecule has 1 unspecified atom stereocenters. The number of thiophene rings is 1. The lowest BCUT2D eigenvalue weighted by atomic mass is 10.1. The number of hydrogen-bond donors (Lipinski definition) is 0. The van der Waals surface area contributed by atoms with Crippen LogP contribution in [0.25, 0.3) is 0 Å². The Hall–Kier alpha value is -2.96. The average Bonchev–Trinajstić information content (AvgIpc) is 3.51. The van der Waals surface area contributed by atoms with Crippen LogP contribution in [0.4, 0.5) is 0 Å². The van der Waals surface area contributed by atoms with Gasteiger partial charge in [-0.3, -0.25) is 9.59 Å².